The van der Waals surface area contributed by atoms with Gasteiger partial charge in [0.25, 0.3) is 0 Å². The molecule has 0 aliphatic heterocycles. The molecule has 0 radical (unpaired) electrons. The van der Waals surface area contributed by atoms with E-state index in [0.717, 1.165) is 25.7 Å². The van der Waals surface area contributed by atoms with E-state index < -0.39 is 11.9 Å². The molecule has 1 aliphatic rings. The summed E-state index contributed by atoms with van der Waals surface area (Å²) in [7, 11) is 0. The van der Waals surface area contributed by atoms with Crippen LogP contribution < -0.4 is 5.32 Å². The first-order valence-corrected chi connectivity index (χ1v) is 7.65. The number of rotatable bonds is 5. The third-order valence-corrected chi connectivity index (χ3v) is 4.22. The lowest BCUT2D eigenvalue weighted by molar-refractivity contribution is -0.143. The van der Waals surface area contributed by atoms with Crippen LogP contribution in [-0.4, -0.2) is 23.5 Å². The van der Waals surface area contributed by atoms with Gasteiger partial charge >= 0.3 is 5.97 Å². The summed E-state index contributed by atoms with van der Waals surface area (Å²) in [6.45, 7) is 8.30. The van der Waals surface area contributed by atoms with Gasteiger partial charge in [0.2, 0.25) is 5.91 Å². The van der Waals surface area contributed by atoms with Crippen LogP contribution in [0.3, 0.4) is 0 Å². The molecule has 1 aliphatic carbocycles. The van der Waals surface area contributed by atoms with Gasteiger partial charge in [0.05, 0.1) is 5.92 Å². The number of aliphatic carboxylic acids is 1. The van der Waals surface area contributed by atoms with Gasteiger partial charge in [-0.05, 0) is 24.7 Å². The molecule has 0 heterocycles. The van der Waals surface area contributed by atoms with Crippen molar-refractivity contribution in [3.63, 3.8) is 0 Å². The fourth-order valence-corrected chi connectivity index (χ4v) is 2.97. The minimum atomic E-state index is -0.825. The van der Waals surface area contributed by atoms with E-state index in [2.05, 4.69) is 5.32 Å². The van der Waals surface area contributed by atoms with Crippen LogP contribution in [0.25, 0.3) is 0 Å². The van der Waals surface area contributed by atoms with E-state index in [1.165, 1.54) is 6.42 Å². The fourth-order valence-electron chi connectivity index (χ4n) is 2.97. The lowest BCUT2D eigenvalue weighted by Crippen LogP contribution is -2.43. The molecule has 4 nitrogen and oxygen atoms in total. The Morgan fingerprint density at radius 1 is 1.20 bits per heavy atom. The van der Waals surface area contributed by atoms with Crippen molar-refractivity contribution in [2.75, 3.05) is 6.54 Å². The molecule has 0 aromatic heterocycles. The van der Waals surface area contributed by atoms with Crippen LogP contribution in [0.5, 0.6) is 0 Å². The Kier molecular flexibility index (Phi) is 5.60. The SMILES string of the molecule is CC(C)(C)CC(CNC(=O)C1(C)CCCCC1)C(=O)O. The molecule has 0 spiro atoms. The Bertz CT molecular complexity index is 351. The van der Waals surface area contributed by atoms with Gasteiger partial charge in [-0.1, -0.05) is 47.0 Å². The lowest BCUT2D eigenvalue weighted by atomic mass is 9.75. The maximum Gasteiger partial charge on any atom is 0.308 e. The van der Waals surface area contributed by atoms with E-state index >= 15 is 0 Å². The van der Waals surface area contributed by atoms with Crippen LogP contribution in [0, 0.1) is 16.7 Å². The van der Waals surface area contributed by atoms with Crippen molar-refractivity contribution in [3.05, 3.63) is 0 Å². The fraction of sp³-hybridized carbons (Fsp3) is 0.875. The summed E-state index contributed by atoms with van der Waals surface area (Å²) >= 11 is 0. The van der Waals surface area contributed by atoms with E-state index in [1.807, 2.05) is 27.7 Å². The average molecular weight is 283 g/mol. The third kappa shape index (κ3) is 5.14. The molecule has 1 unspecified atom stereocenters. The largest absolute Gasteiger partial charge is 0.481 e. The van der Waals surface area contributed by atoms with Crippen LogP contribution >= 0.6 is 0 Å². The minimum Gasteiger partial charge on any atom is -0.481 e. The number of carboxylic acids is 1. The molecule has 1 atom stereocenters. The number of carbonyl (C=O) groups is 2. The Balaban J connectivity index is 2.54. The lowest BCUT2D eigenvalue weighted by Gasteiger charge is -2.32. The quantitative estimate of drug-likeness (QED) is 0.814. The molecule has 2 N–H and O–H groups in total. The second-order valence-electron chi connectivity index (χ2n) is 7.63. The highest BCUT2D eigenvalue weighted by Crippen LogP contribution is 2.36. The molecule has 0 aromatic carbocycles. The zero-order valence-electron chi connectivity index (χ0n) is 13.3. The van der Waals surface area contributed by atoms with Crippen molar-refractivity contribution in [2.45, 2.75) is 66.2 Å². The molecule has 116 valence electrons. The van der Waals surface area contributed by atoms with Crippen LogP contribution in [0.4, 0.5) is 0 Å². The third-order valence-electron chi connectivity index (χ3n) is 4.22. The Hall–Kier alpha value is -1.06. The molecule has 1 saturated carbocycles. The van der Waals surface area contributed by atoms with Gasteiger partial charge in [0.1, 0.15) is 0 Å². The number of hydrogen-bond acceptors (Lipinski definition) is 2. The number of carboxylic acid groups (broad SMARTS) is 1. The summed E-state index contributed by atoms with van der Waals surface area (Å²) in [6.07, 6.45) is 5.78. The smallest absolute Gasteiger partial charge is 0.308 e. The highest BCUT2D eigenvalue weighted by molar-refractivity contribution is 5.83. The maximum atomic E-state index is 12.3. The maximum absolute atomic E-state index is 12.3. The summed E-state index contributed by atoms with van der Waals surface area (Å²) < 4.78 is 0. The van der Waals surface area contributed by atoms with Gasteiger partial charge in [0, 0.05) is 12.0 Å². The Morgan fingerprint density at radius 2 is 1.75 bits per heavy atom. The van der Waals surface area contributed by atoms with Gasteiger partial charge in [-0.3, -0.25) is 9.59 Å². The normalized spacial score (nSPS) is 20.2. The van der Waals surface area contributed by atoms with E-state index in [-0.39, 0.29) is 23.3 Å². The summed E-state index contributed by atoms with van der Waals surface area (Å²) in [5.74, 6) is -1.31. The molecule has 0 bridgehead atoms. The molecule has 20 heavy (non-hydrogen) atoms. The van der Waals surface area contributed by atoms with Crippen LogP contribution in [0.1, 0.15) is 66.2 Å². The molecule has 0 saturated heterocycles. The van der Waals surface area contributed by atoms with Crippen molar-refractivity contribution in [1.82, 2.24) is 5.32 Å². The van der Waals surface area contributed by atoms with Gasteiger partial charge < -0.3 is 10.4 Å². The van der Waals surface area contributed by atoms with E-state index in [1.54, 1.807) is 0 Å². The summed E-state index contributed by atoms with van der Waals surface area (Å²) in [5, 5.41) is 12.1. The number of hydrogen-bond donors (Lipinski definition) is 2. The molecular formula is C16H29NO3. The predicted octanol–water partition coefficient (Wildman–Crippen LogP) is 3.21. The Labute approximate surface area is 122 Å². The van der Waals surface area contributed by atoms with Crippen LogP contribution in [0.15, 0.2) is 0 Å². The first-order chi connectivity index (χ1) is 9.14. The molecule has 1 rings (SSSR count). The summed E-state index contributed by atoms with van der Waals surface area (Å²) in [6, 6.07) is 0. The first-order valence-electron chi connectivity index (χ1n) is 7.65. The second kappa shape index (κ2) is 6.59. The van der Waals surface area contributed by atoms with Crippen LogP contribution in [0.2, 0.25) is 0 Å². The predicted molar refractivity (Wildman–Crippen MR) is 79.4 cm³/mol. The van der Waals surface area contributed by atoms with E-state index in [9.17, 15) is 14.7 Å². The first kappa shape index (κ1) is 17.0. The van der Waals surface area contributed by atoms with Crippen molar-refractivity contribution in [1.29, 1.82) is 0 Å². The van der Waals surface area contributed by atoms with Crippen molar-refractivity contribution in [2.24, 2.45) is 16.7 Å². The van der Waals surface area contributed by atoms with Crippen molar-refractivity contribution >= 4 is 11.9 Å². The number of amides is 1. The molecule has 4 heteroatoms. The zero-order valence-corrected chi connectivity index (χ0v) is 13.3. The van der Waals surface area contributed by atoms with Gasteiger partial charge in [-0.15, -0.1) is 0 Å². The second-order valence-corrected chi connectivity index (χ2v) is 7.63. The Morgan fingerprint density at radius 3 is 2.20 bits per heavy atom. The summed E-state index contributed by atoms with van der Waals surface area (Å²) in [5.41, 5.74) is -0.356. The van der Waals surface area contributed by atoms with Crippen molar-refractivity contribution in [3.8, 4) is 0 Å². The zero-order chi connectivity index (χ0) is 15.4. The standard InChI is InChI=1S/C16H29NO3/c1-15(2,3)10-12(13(18)19)11-17-14(20)16(4)8-6-5-7-9-16/h12H,5-11H2,1-4H3,(H,17,20)(H,18,19). The average Bonchev–Trinajstić information content (AvgIpc) is 2.33. The molecule has 1 fully saturated rings. The minimum absolute atomic E-state index is 0.0253. The monoisotopic (exact) mass is 283 g/mol. The number of carbonyl (C=O) groups excluding carboxylic acids is 1. The van der Waals surface area contributed by atoms with E-state index in [0.29, 0.717) is 6.42 Å². The van der Waals surface area contributed by atoms with Crippen LogP contribution in [-0.2, 0) is 9.59 Å². The van der Waals surface area contributed by atoms with Gasteiger partial charge in [-0.2, -0.15) is 0 Å². The molecule has 1 amide bonds. The number of nitrogens with one attached hydrogen (secondary N) is 1. The molecule has 0 aromatic rings. The molecular weight excluding hydrogens is 254 g/mol. The van der Waals surface area contributed by atoms with Crippen molar-refractivity contribution < 1.29 is 14.7 Å². The van der Waals surface area contributed by atoms with E-state index in [4.69, 9.17) is 0 Å². The topological polar surface area (TPSA) is 66.4 Å². The van der Waals surface area contributed by atoms with Gasteiger partial charge in [-0.25, -0.2) is 0 Å². The highest BCUT2D eigenvalue weighted by atomic mass is 16.4. The highest BCUT2D eigenvalue weighted by Gasteiger charge is 2.35. The summed E-state index contributed by atoms with van der Waals surface area (Å²) in [4.78, 5) is 23.6. The van der Waals surface area contributed by atoms with Gasteiger partial charge in [0.15, 0.2) is 0 Å².